The Bertz CT molecular complexity index is 463. The van der Waals surface area contributed by atoms with E-state index in [0.717, 1.165) is 0 Å². The van der Waals surface area contributed by atoms with Crippen molar-refractivity contribution in [3.63, 3.8) is 0 Å². The number of aromatic carboxylic acids is 1. The summed E-state index contributed by atoms with van der Waals surface area (Å²) in [5.74, 6) is -2.44. The predicted molar refractivity (Wildman–Crippen MR) is 47.2 cm³/mol. The van der Waals surface area contributed by atoms with Gasteiger partial charge in [0.05, 0.1) is 10.5 Å². The molecule has 0 saturated heterocycles. The lowest BCUT2D eigenvalue weighted by molar-refractivity contribution is -0.384. The van der Waals surface area contributed by atoms with Crippen LogP contribution in [-0.2, 0) is 0 Å². The van der Waals surface area contributed by atoms with Crippen LogP contribution < -0.4 is 5.73 Å². The number of aromatic nitrogens is 1. The summed E-state index contributed by atoms with van der Waals surface area (Å²) in [6.07, 6.45) is -3.18. The van der Waals surface area contributed by atoms with Gasteiger partial charge in [-0.25, -0.2) is 18.6 Å². The number of pyridine rings is 1. The lowest BCUT2D eigenvalue weighted by Gasteiger charge is -2.05. The van der Waals surface area contributed by atoms with E-state index in [9.17, 15) is 23.7 Å². The molecule has 9 heteroatoms. The van der Waals surface area contributed by atoms with Crippen LogP contribution in [0.1, 0.15) is 22.5 Å². The lowest BCUT2D eigenvalue weighted by atomic mass is 10.2. The molecule has 86 valence electrons. The molecule has 16 heavy (non-hydrogen) atoms. The molecule has 1 aromatic rings. The highest BCUT2D eigenvalue weighted by Gasteiger charge is 2.26. The van der Waals surface area contributed by atoms with Gasteiger partial charge in [-0.1, -0.05) is 0 Å². The number of anilines is 1. The molecular weight excluding hydrogens is 228 g/mol. The van der Waals surface area contributed by atoms with E-state index in [2.05, 4.69) is 4.98 Å². The Hall–Kier alpha value is -2.32. The number of hydrogen-bond donors (Lipinski definition) is 2. The fraction of sp³-hybridized carbons (Fsp3) is 0.143. The number of nitrogens with two attached hydrogens (primary N) is 1. The molecule has 7 nitrogen and oxygen atoms in total. The molecule has 1 heterocycles. The molecule has 0 aliphatic heterocycles. The molecule has 0 aliphatic carbocycles. The van der Waals surface area contributed by atoms with Gasteiger partial charge in [-0.2, -0.15) is 0 Å². The second kappa shape index (κ2) is 4.04. The summed E-state index contributed by atoms with van der Waals surface area (Å²) < 4.78 is 24.8. The summed E-state index contributed by atoms with van der Waals surface area (Å²) in [4.78, 5) is 23.0. The lowest BCUT2D eigenvalue weighted by Crippen LogP contribution is -2.10. The van der Waals surface area contributed by atoms with E-state index < -0.39 is 40.1 Å². The first kappa shape index (κ1) is 11.8. The molecule has 0 aliphatic rings. The van der Waals surface area contributed by atoms with Gasteiger partial charge in [-0.05, 0) is 0 Å². The van der Waals surface area contributed by atoms with E-state index in [1.54, 1.807) is 0 Å². The molecule has 0 amide bonds. The van der Waals surface area contributed by atoms with Gasteiger partial charge in [0.2, 0.25) is 5.82 Å². The number of hydrogen-bond acceptors (Lipinski definition) is 5. The second-order valence-electron chi connectivity index (χ2n) is 2.69. The third-order valence-corrected chi connectivity index (χ3v) is 1.69. The van der Waals surface area contributed by atoms with E-state index in [-0.39, 0.29) is 0 Å². The summed E-state index contributed by atoms with van der Waals surface area (Å²) in [7, 11) is 0. The summed E-state index contributed by atoms with van der Waals surface area (Å²) in [6.45, 7) is 0. The zero-order valence-corrected chi connectivity index (χ0v) is 7.55. The highest BCUT2D eigenvalue weighted by molar-refractivity contribution is 5.88. The third-order valence-electron chi connectivity index (χ3n) is 1.69. The number of carboxylic acids is 1. The summed E-state index contributed by atoms with van der Waals surface area (Å²) in [6, 6.07) is 0.413. The molecule has 0 saturated carbocycles. The number of carbonyl (C=O) groups is 1. The SMILES string of the molecule is Nc1nc(C(=O)O)c(C(F)F)cc1[N+](=O)[O-]. The Kier molecular flexibility index (Phi) is 2.97. The van der Waals surface area contributed by atoms with Crippen LogP contribution in [-0.4, -0.2) is 21.0 Å². The number of halogens is 2. The van der Waals surface area contributed by atoms with E-state index in [0.29, 0.717) is 6.07 Å². The van der Waals surface area contributed by atoms with Crippen molar-refractivity contribution in [1.82, 2.24) is 4.98 Å². The monoisotopic (exact) mass is 233 g/mol. The van der Waals surface area contributed by atoms with E-state index >= 15 is 0 Å². The Morgan fingerprint density at radius 1 is 1.62 bits per heavy atom. The van der Waals surface area contributed by atoms with E-state index in [1.807, 2.05) is 0 Å². The van der Waals surface area contributed by atoms with E-state index in [4.69, 9.17) is 10.8 Å². The van der Waals surface area contributed by atoms with Gasteiger partial charge in [0, 0.05) is 6.07 Å². The van der Waals surface area contributed by atoms with Crippen molar-refractivity contribution in [2.24, 2.45) is 0 Å². The van der Waals surface area contributed by atoms with Crippen molar-refractivity contribution >= 4 is 17.5 Å². The van der Waals surface area contributed by atoms with Crippen LogP contribution in [0.3, 0.4) is 0 Å². The molecule has 1 aromatic heterocycles. The number of alkyl halides is 2. The van der Waals surface area contributed by atoms with Gasteiger partial charge in [-0.3, -0.25) is 10.1 Å². The maximum Gasteiger partial charge on any atom is 0.355 e. The van der Waals surface area contributed by atoms with Crippen LogP contribution in [0.4, 0.5) is 20.3 Å². The normalized spacial score (nSPS) is 10.4. The van der Waals surface area contributed by atoms with Gasteiger partial charge in [0.15, 0.2) is 5.69 Å². The Balaban J connectivity index is 3.49. The van der Waals surface area contributed by atoms with Crippen molar-refractivity contribution in [2.75, 3.05) is 5.73 Å². The maximum absolute atomic E-state index is 12.4. The summed E-state index contributed by atoms with van der Waals surface area (Å²) in [5.41, 5.74) is 2.20. The van der Waals surface area contributed by atoms with Gasteiger partial charge in [0.25, 0.3) is 6.43 Å². The minimum absolute atomic E-state index is 0.413. The number of rotatable bonds is 3. The van der Waals surface area contributed by atoms with Crippen molar-refractivity contribution in [1.29, 1.82) is 0 Å². The average molecular weight is 233 g/mol. The van der Waals surface area contributed by atoms with Crippen LogP contribution in [0.25, 0.3) is 0 Å². The maximum atomic E-state index is 12.4. The molecule has 0 fully saturated rings. The second-order valence-corrected chi connectivity index (χ2v) is 2.69. The van der Waals surface area contributed by atoms with Gasteiger partial charge in [-0.15, -0.1) is 0 Å². The quantitative estimate of drug-likeness (QED) is 0.598. The highest BCUT2D eigenvalue weighted by atomic mass is 19.3. The molecule has 0 bridgehead atoms. The van der Waals surface area contributed by atoms with Crippen LogP contribution >= 0.6 is 0 Å². The fourth-order valence-electron chi connectivity index (χ4n) is 1.02. The first-order valence-corrected chi connectivity index (χ1v) is 3.80. The zero-order chi connectivity index (χ0) is 12.5. The number of nitrogens with zero attached hydrogens (tertiary/aromatic N) is 2. The molecule has 0 atom stereocenters. The third kappa shape index (κ3) is 2.02. The number of carboxylic acid groups (broad SMARTS) is 1. The van der Waals surface area contributed by atoms with Crippen LogP contribution in [0.2, 0.25) is 0 Å². The van der Waals surface area contributed by atoms with Crippen LogP contribution in [0.5, 0.6) is 0 Å². The highest BCUT2D eigenvalue weighted by Crippen LogP contribution is 2.29. The van der Waals surface area contributed by atoms with Crippen LogP contribution in [0, 0.1) is 10.1 Å². The van der Waals surface area contributed by atoms with E-state index in [1.165, 1.54) is 0 Å². The first-order valence-electron chi connectivity index (χ1n) is 3.80. The molecule has 0 aromatic carbocycles. The molecular formula is C7H5F2N3O4. The largest absolute Gasteiger partial charge is 0.476 e. The topological polar surface area (TPSA) is 119 Å². The molecule has 0 spiro atoms. The number of nitrogen functional groups attached to an aromatic ring is 1. The van der Waals surface area contributed by atoms with Crippen LogP contribution in [0.15, 0.2) is 6.07 Å². The Labute approximate surface area is 86.7 Å². The fourth-order valence-corrected chi connectivity index (χ4v) is 1.02. The van der Waals surface area contributed by atoms with Gasteiger partial charge < -0.3 is 10.8 Å². The summed E-state index contributed by atoms with van der Waals surface area (Å²) in [5, 5.41) is 18.9. The van der Waals surface area contributed by atoms with Crippen molar-refractivity contribution in [3.05, 3.63) is 27.4 Å². The minimum atomic E-state index is -3.18. The Morgan fingerprint density at radius 3 is 2.56 bits per heavy atom. The van der Waals surface area contributed by atoms with Crippen molar-refractivity contribution in [2.45, 2.75) is 6.43 Å². The van der Waals surface area contributed by atoms with Gasteiger partial charge in [0.1, 0.15) is 0 Å². The minimum Gasteiger partial charge on any atom is -0.476 e. The molecule has 0 unspecified atom stereocenters. The molecule has 3 N–H and O–H groups in total. The predicted octanol–water partition coefficient (Wildman–Crippen LogP) is 1.21. The smallest absolute Gasteiger partial charge is 0.355 e. The Morgan fingerprint density at radius 2 is 2.19 bits per heavy atom. The summed E-state index contributed by atoms with van der Waals surface area (Å²) >= 11 is 0. The first-order chi connectivity index (χ1) is 7.34. The standard InChI is InChI=1S/C7H5F2N3O4/c8-5(9)2-1-3(12(15)16)6(10)11-4(2)7(13)14/h1,5H,(H2,10,11)(H,13,14). The van der Waals surface area contributed by atoms with Gasteiger partial charge >= 0.3 is 11.7 Å². The molecule has 1 rings (SSSR count). The molecule has 0 radical (unpaired) electrons. The zero-order valence-electron chi connectivity index (χ0n) is 7.55. The van der Waals surface area contributed by atoms with Crippen molar-refractivity contribution in [3.8, 4) is 0 Å². The number of nitro groups is 1. The van der Waals surface area contributed by atoms with Crippen molar-refractivity contribution < 1.29 is 23.6 Å². The average Bonchev–Trinajstić information content (AvgIpc) is 2.15.